The van der Waals surface area contributed by atoms with Crippen LogP contribution < -0.4 is 5.32 Å². The maximum absolute atomic E-state index is 9.85. The number of aryl methyl sites for hydroxylation is 1. The van der Waals surface area contributed by atoms with Gasteiger partial charge >= 0.3 is 0 Å². The van der Waals surface area contributed by atoms with Gasteiger partial charge < -0.3 is 25.5 Å². The van der Waals surface area contributed by atoms with Crippen LogP contribution in [0, 0.1) is 23.7 Å². The Bertz CT molecular complexity index is 1210. The van der Waals surface area contributed by atoms with Gasteiger partial charge in [0.25, 0.3) is 0 Å². The zero-order chi connectivity index (χ0) is 27.4. The van der Waals surface area contributed by atoms with Gasteiger partial charge in [-0.15, -0.1) is 0 Å². The first kappa shape index (κ1) is 29.2. The number of nitrogens with zero attached hydrogens (tertiary/aromatic N) is 4. The minimum atomic E-state index is -1.11. The number of para-hydroxylation sites is 1. The van der Waals surface area contributed by atoms with E-state index < -0.39 is 5.60 Å². The summed E-state index contributed by atoms with van der Waals surface area (Å²) in [5.41, 5.74) is 4.74. The number of likely N-dealkylation sites (N-methyl/N-ethyl adjacent to an activating group) is 1. The smallest absolute Gasteiger partial charge is 0.107 e. The highest BCUT2D eigenvalue weighted by atomic mass is 16.5. The van der Waals surface area contributed by atoms with Crippen molar-refractivity contribution in [1.82, 2.24) is 10.2 Å². The van der Waals surface area contributed by atoms with Gasteiger partial charge in [-0.05, 0) is 44.0 Å². The first-order chi connectivity index (χ1) is 17.6. The van der Waals surface area contributed by atoms with E-state index in [2.05, 4.69) is 23.0 Å². The Morgan fingerprint density at radius 2 is 1.95 bits per heavy atom. The average Bonchev–Trinajstić information content (AvgIpc) is 2.87. The van der Waals surface area contributed by atoms with Gasteiger partial charge in [-0.3, -0.25) is 9.98 Å². The molecule has 0 spiro atoms. The standard InChI is InChI=1S/C29H36N6O2/c1-21-8-7-9-27(24-12-10-23(16-30)11-13-24)28(21)34-19-26(20-37-6)35(5)15-14-32-17-25(31)18-33-22(2)29(3,4)36/h7-13,18-20,31-32,36H,2,14-15,17H2,1,3-6H3/b26-20-,31-25?,33-18-,34-19-. The van der Waals surface area contributed by atoms with Crippen molar-refractivity contribution in [2.75, 3.05) is 33.8 Å². The third-order valence-corrected chi connectivity index (χ3v) is 5.59. The third kappa shape index (κ3) is 9.15. The lowest BCUT2D eigenvalue weighted by atomic mass is 10.00. The average molecular weight is 501 g/mol. The van der Waals surface area contributed by atoms with Gasteiger partial charge in [0.1, 0.15) is 11.9 Å². The Balaban J connectivity index is 2.04. The highest BCUT2D eigenvalue weighted by Gasteiger charge is 2.16. The fourth-order valence-corrected chi connectivity index (χ4v) is 3.22. The number of benzene rings is 2. The zero-order valence-electron chi connectivity index (χ0n) is 22.2. The number of nitrogens with one attached hydrogen (secondary N) is 2. The van der Waals surface area contributed by atoms with E-state index in [1.165, 1.54) is 6.21 Å². The van der Waals surface area contributed by atoms with Crippen LogP contribution in [0.5, 0.6) is 0 Å². The summed E-state index contributed by atoms with van der Waals surface area (Å²) in [4.78, 5) is 10.9. The first-order valence-corrected chi connectivity index (χ1v) is 11.9. The van der Waals surface area contributed by atoms with Crippen molar-refractivity contribution in [2.24, 2.45) is 9.98 Å². The maximum atomic E-state index is 9.85. The van der Waals surface area contributed by atoms with Gasteiger partial charge in [0.05, 0.1) is 47.8 Å². The van der Waals surface area contributed by atoms with E-state index in [1.54, 1.807) is 45.6 Å². The van der Waals surface area contributed by atoms with E-state index in [4.69, 9.17) is 20.4 Å². The number of ether oxygens (including phenoxy) is 1. The van der Waals surface area contributed by atoms with E-state index in [9.17, 15) is 5.11 Å². The Hall–Kier alpha value is -4.06. The largest absolute Gasteiger partial charge is 0.502 e. The quantitative estimate of drug-likeness (QED) is 0.211. The van der Waals surface area contributed by atoms with Crippen LogP contribution in [0.2, 0.25) is 0 Å². The van der Waals surface area contributed by atoms with Gasteiger partial charge in [-0.25, -0.2) is 0 Å². The molecule has 194 valence electrons. The molecule has 3 N–H and O–H groups in total. The van der Waals surface area contributed by atoms with Crippen LogP contribution in [-0.2, 0) is 4.74 Å². The SMILES string of the molecule is C=C(/N=C\C(=N)CNCCN(C)C(/C=N\c1c(C)cccc1-c1ccc(C#N)cc1)=C\OC)C(C)(C)O. The van der Waals surface area contributed by atoms with E-state index in [0.29, 0.717) is 30.9 Å². The molecule has 0 aliphatic rings. The van der Waals surface area contributed by atoms with Crippen LogP contribution in [0.4, 0.5) is 5.69 Å². The second kappa shape index (κ2) is 13.9. The lowest BCUT2D eigenvalue weighted by Gasteiger charge is -2.20. The van der Waals surface area contributed by atoms with E-state index >= 15 is 0 Å². The molecule has 0 radical (unpaired) electrons. The second-order valence-corrected chi connectivity index (χ2v) is 9.08. The summed E-state index contributed by atoms with van der Waals surface area (Å²) in [6, 6.07) is 15.6. The molecule has 0 bridgehead atoms. The number of rotatable bonds is 13. The molecular formula is C29H36N6O2. The summed E-state index contributed by atoms with van der Waals surface area (Å²) in [6.45, 7) is 10.5. The molecule has 8 heteroatoms. The molecule has 0 aromatic heterocycles. The molecule has 0 fully saturated rings. The van der Waals surface area contributed by atoms with Gasteiger partial charge in [0.2, 0.25) is 0 Å². The number of nitriles is 1. The molecule has 0 aliphatic heterocycles. The van der Waals surface area contributed by atoms with E-state index in [1.807, 2.05) is 49.2 Å². The van der Waals surface area contributed by atoms with Crippen LogP contribution in [0.1, 0.15) is 25.0 Å². The lowest BCUT2D eigenvalue weighted by molar-refractivity contribution is 0.119. The molecule has 2 rings (SSSR count). The molecule has 0 aliphatic carbocycles. The van der Waals surface area contributed by atoms with Crippen molar-refractivity contribution >= 4 is 23.8 Å². The van der Waals surface area contributed by atoms with Crippen LogP contribution >= 0.6 is 0 Å². The Morgan fingerprint density at radius 3 is 2.57 bits per heavy atom. The monoisotopic (exact) mass is 500 g/mol. The van der Waals surface area contributed by atoms with Gasteiger partial charge in [0, 0.05) is 38.5 Å². The van der Waals surface area contributed by atoms with Crippen LogP contribution in [0.3, 0.4) is 0 Å². The minimum absolute atomic E-state index is 0.289. The fourth-order valence-electron chi connectivity index (χ4n) is 3.22. The van der Waals surface area contributed by atoms with Crippen LogP contribution in [-0.4, -0.2) is 67.5 Å². The molecule has 8 nitrogen and oxygen atoms in total. The number of aliphatic imine (C=N–C) groups is 2. The molecule has 0 saturated carbocycles. The van der Waals surface area contributed by atoms with Crippen molar-refractivity contribution in [1.29, 1.82) is 10.7 Å². The fraction of sp³-hybridized carbons (Fsp3) is 0.310. The number of methoxy groups -OCH3 is 1. The number of hydrogen-bond donors (Lipinski definition) is 3. The van der Waals surface area contributed by atoms with E-state index in [0.717, 1.165) is 28.1 Å². The number of allylic oxidation sites excluding steroid dienone is 1. The molecule has 0 amide bonds. The zero-order valence-corrected chi connectivity index (χ0v) is 22.2. The molecule has 0 saturated heterocycles. The van der Waals surface area contributed by atoms with Crippen molar-refractivity contribution < 1.29 is 9.84 Å². The Morgan fingerprint density at radius 1 is 1.24 bits per heavy atom. The van der Waals surface area contributed by atoms with Crippen molar-refractivity contribution in [2.45, 2.75) is 26.4 Å². The molecule has 37 heavy (non-hydrogen) atoms. The summed E-state index contributed by atoms with van der Waals surface area (Å²) in [7, 11) is 3.54. The van der Waals surface area contributed by atoms with Crippen molar-refractivity contribution in [3.63, 3.8) is 0 Å². The number of aliphatic hydroxyl groups is 1. The first-order valence-electron chi connectivity index (χ1n) is 11.9. The third-order valence-electron chi connectivity index (χ3n) is 5.59. The van der Waals surface area contributed by atoms with Crippen molar-refractivity contribution in [3.05, 3.63) is 77.8 Å². The molecule has 2 aromatic carbocycles. The normalized spacial score (nSPS) is 12.1. The lowest BCUT2D eigenvalue weighted by Crippen LogP contribution is -2.32. The predicted octanol–water partition coefficient (Wildman–Crippen LogP) is 4.62. The Labute approximate surface area is 219 Å². The molecule has 0 heterocycles. The molecule has 2 aromatic rings. The highest BCUT2D eigenvalue weighted by Crippen LogP contribution is 2.33. The minimum Gasteiger partial charge on any atom is -0.502 e. The summed E-state index contributed by atoms with van der Waals surface area (Å²) in [5, 5.41) is 30.2. The summed E-state index contributed by atoms with van der Waals surface area (Å²) >= 11 is 0. The second-order valence-electron chi connectivity index (χ2n) is 9.08. The molecule has 0 atom stereocenters. The van der Waals surface area contributed by atoms with Crippen LogP contribution in [0.15, 0.2) is 76.7 Å². The van der Waals surface area contributed by atoms with Crippen molar-refractivity contribution in [3.8, 4) is 17.2 Å². The van der Waals surface area contributed by atoms with Gasteiger partial charge in [0.15, 0.2) is 0 Å². The Kier molecular flexibility index (Phi) is 10.9. The summed E-state index contributed by atoms with van der Waals surface area (Å²) < 4.78 is 5.28. The number of hydrogen-bond acceptors (Lipinski definition) is 8. The summed E-state index contributed by atoms with van der Waals surface area (Å²) in [5.74, 6) is 0. The predicted molar refractivity (Wildman–Crippen MR) is 152 cm³/mol. The molecular weight excluding hydrogens is 464 g/mol. The van der Waals surface area contributed by atoms with Gasteiger partial charge in [-0.2, -0.15) is 5.26 Å². The van der Waals surface area contributed by atoms with Crippen LogP contribution in [0.25, 0.3) is 11.1 Å². The van der Waals surface area contributed by atoms with E-state index in [-0.39, 0.29) is 5.71 Å². The molecule has 0 unspecified atom stereocenters. The summed E-state index contributed by atoms with van der Waals surface area (Å²) in [6.07, 6.45) is 4.81. The topological polar surface area (TPSA) is 117 Å². The maximum Gasteiger partial charge on any atom is 0.107 e. The van der Waals surface area contributed by atoms with Gasteiger partial charge in [-0.1, -0.05) is 36.9 Å². The highest BCUT2D eigenvalue weighted by molar-refractivity contribution is 6.30.